The van der Waals surface area contributed by atoms with E-state index in [0.29, 0.717) is 11.8 Å². The zero-order chi connectivity index (χ0) is 24.1. The Bertz CT molecular complexity index is 895. The summed E-state index contributed by atoms with van der Waals surface area (Å²) in [7, 11) is 0. The van der Waals surface area contributed by atoms with Crippen molar-refractivity contribution in [3.05, 3.63) is 83.0 Å². The lowest BCUT2D eigenvalue weighted by Crippen LogP contribution is -2.48. The topological polar surface area (TPSA) is 43.7 Å². The van der Waals surface area contributed by atoms with Gasteiger partial charge in [0, 0.05) is 0 Å². The molecule has 3 aliphatic rings. The summed E-state index contributed by atoms with van der Waals surface area (Å²) < 4.78 is 0. The molecule has 3 heteroatoms. The molecular formula is C31H43NO2. The number of aryl methyl sites for hydroxylation is 1. The third-order valence-corrected chi connectivity index (χ3v) is 8.10. The minimum atomic E-state index is -0.888. The van der Waals surface area contributed by atoms with Gasteiger partial charge in [-0.15, -0.1) is 0 Å². The number of piperidine rings is 1. The first kappa shape index (κ1) is 25.2. The van der Waals surface area contributed by atoms with Crippen LogP contribution < -0.4 is 0 Å². The van der Waals surface area contributed by atoms with Crippen LogP contribution in [0.1, 0.15) is 69.6 Å². The summed E-state index contributed by atoms with van der Waals surface area (Å²) in [6.45, 7) is 9.57. The van der Waals surface area contributed by atoms with Crippen molar-refractivity contribution < 1.29 is 10.2 Å². The van der Waals surface area contributed by atoms with Crippen LogP contribution in [0.4, 0.5) is 0 Å². The minimum Gasteiger partial charge on any atom is -0.388 e. The Kier molecular flexibility index (Phi) is 8.29. The number of hydrogen-bond acceptors (Lipinski definition) is 3. The first-order valence-electron chi connectivity index (χ1n) is 13.3. The summed E-state index contributed by atoms with van der Waals surface area (Å²) in [6.07, 6.45) is 18.8. The molecule has 4 rings (SSSR count). The van der Waals surface area contributed by atoms with Crippen LogP contribution in [0.15, 0.2) is 71.9 Å². The molecule has 1 aromatic rings. The Labute approximate surface area is 206 Å². The molecule has 0 bridgehead atoms. The van der Waals surface area contributed by atoms with Gasteiger partial charge in [-0.3, -0.25) is 0 Å². The molecule has 3 unspecified atom stereocenters. The molecule has 1 aliphatic heterocycles. The summed E-state index contributed by atoms with van der Waals surface area (Å²) in [5, 5.41) is 22.8. The minimum absolute atomic E-state index is 0.232. The van der Waals surface area contributed by atoms with Gasteiger partial charge in [-0.2, -0.15) is 0 Å². The fourth-order valence-electron chi connectivity index (χ4n) is 5.70. The van der Waals surface area contributed by atoms with Gasteiger partial charge >= 0.3 is 0 Å². The highest BCUT2D eigenvalue weighted by atomic mass is 16.3. The molecule has 184 valence electrons. The number of aliphatic hydroxyl groups excluding tert-OH is 1. The molecule has 1 fully saturated rings. The maximum Gasteiger partial charge on any atom is 0.117 e. The molecular weight excluding hydrogens is 418 g/mol. The number of nitrogens with zero attached hydrogens (tertiary/aromatic N) is 1. The Hall–Kier alpha value is -1.94. The van der Waals surface area contributed by atoms with E-state index in [9.17, 15) is 10.2 Å². The highest BCUT2D eigenvalue weighted by molar-refractivity contribution is 5.47. The molecule has 0 aromatic heterocycles. The lowest BCUT2D eigenvalue weighted by Gasteiger charge is -2.44. The second-order valence-electron chi connectivity index (χ2n) is 10.9. The van der Waals surface area contributed by atoms with E-state index in [0.717, 1.165) is 74.9 Å². The summed E-state index contributed by atoms with van der Waals surface area (Å²) in [4.78, 5) is 2.51. The zero-order valence-electron chi connectivity index (χ0n) is 21.3. The quantitative estimate of drug-likeness (QED) is 0.478. The molecule has 0 saturated carbocycles. The lowest BCUT2D eigenvalue weighted by molar-refractivity contribution is 0.0191. The number of allylic oxidation sites excluding steroid dienone is 4. The normalized spacial score (nSPS) is 26.6. The fourth-order valence-corrected chi connectivity index (χ4v) is 5.70. The maximum atomic E-state index is 12.2. The highest BCUT2D eigenvalue weighted by Gasteiger charge is 2.43. The van der Waals surface area contributed by atoms with Gasteiger partial charge in [0.1, 0.15) is 5.60 Å². The van der Waals surface area contributed by atoms with Crippen LogP contribution in [-0.4, -0.2) is 40.3 Å². The van der Waals surface area contributed by atoms with Gasteiger partial charge in [-0.05, 0) is 99.5 Å². The number of likely N-dealkylation sites (tertiary alicyclic amines) is 1. The average Bonchev–Trinajstić information content (AvgIpc) is 2.85. The molecule has 2 aliphatic carbocycles. The number of hydrogen-bond donors (Lipinski definition) is 2. The van der Waals surface area contributed by atoms with Gasteiger partial charge in [-0.25, -0.2) is 0 Å². The van der Waals surface area contributed by atoms with E-state index in [4.69, 9.17) is 0 Å². The predicted molar refractivity (Wildman–Crippen MR) is 141 cm³/mol. The van der Waals surface area contributed by atoms with E-state index in [2.05, 4.69) is 74.3 Å². The summed E-state index contributed by atoms with van der Waals surface area (Å²) in [6, 6.07) is 8.21. The molecule has 3 nitrogen and oxygen atoms in total. The monoisotopic (exact) mass is 461 g/mol. The molecule has 1 aromatic carbocycles. The number of aliphatic hydroxyl groups is 2. The van der Waals surface area contributed by atoms with Gasteiger partial charge in [-0.1, -0.05) is 80.1 Å². The van der Waals surface area contributed by atoms with Crippen molar-refractivity contribution in [2.24, 2.45) is 17.8 Å². The fraction of sp³-hybridized carbons (Fsp3) is 0.548. The SMILES string of the molecule is Cc1ccc(C(O)CCCN2CCC(C(O)(C3=CCC(C)C=C3)C3=CCC(C)C=C3)CC2)cc1. The standard InChI is InChI=1S/C31H43NO2/c1-23-6-12-26(13-7-23)30(33)5-4-20-32-21-18-29(19-22-32)31(34,27-14-8-24(2)9-15-27)28-16-10-25(3)11-17-28/h6-8,10,12-17,24-25,29-30,33-34H,4-5,9,11,18-22H2,1-3H3. The first-order valence-corrected chi connectivity index (χ1v) is 13.3. The van der Waals surface area contributed by atoms with Crippen molar-refractivity contribution in [3.8, 4) is 0 Å². The van der Waals surface area contributed by atoms with Gasteiger partial charge in [0.25, 0.3) is 0 Å². The van der Waals surface area contributed by atoms with Crippen LogP contribution in [-0.2, 0) is 0 Å². The van der Waals surface area contributed by atoms with E-state index >= 15 is 0 Å². The predicted octanol–water partition coefficient (Wildman–Crippen LogP) is 6.30. The van der Waals surface area contributed by atoms with Crippen molar-refractivity contribution >= 4 is 0 Å². The molecule has 0 radical (unpaired) electrons. The van der Waals surface area contributed by atoms with Crippen LogP contribution >= 0.6 is 0 Å². The summed E-state index contributed by atoms with van der Waals surface area (Å²) in [5.74, 6) is 1.32. The number of rotatable bonds is 8. The molecule has 0 amide bonds. The molecule has 3 atom stereocenters. The third kappa shape index (κ3) is 5.82. The van der Waals surface area contributed by atoms with Gasteiger partial charge in [0.05, 0.1) is 6.10 Å². The average molecular weight is 462 g/mol. The van der Waals surface area contributed by atoms with E-state index in [1.165, 1.54) is 5.56 Å². The zero-order valence-corrected chi connectivity index (χ0v) is 21.3. The molecule has 1 saturated heterocycles. The second-order valence-corrected chi connectivity index (χ2v) is 10.9. The molecule has 1 heterocycles. The Morgan fingerprint density at radius 2 is 1.50 bits per heavy atom. The van der Waals surface area contributed by atoms with Crippen molar-refractivity contribution in [1.29, 1.82) is 0 Å². The third-order valence-electron chi connectivity index (χ3n) is 8.10. The summed E-state index contributed by atoms with van der Waals surface area (Å²) >= 11 is 0. The second kappa shape index (κ2) is 11.2. The Morgan fingerprint density at radius 1 is 0.941 bits per heavy atom. The van der Waals surface area contributed by atoms with E-state index in [1.807, 2.05) is 12.1 Å². The first-order chi connectivity index (χ1) is 16.4. The maximum absolute atomic E-state index is 12.2. The van der Waals surface area contributed by atoms with Crippen LogP contribution in [0, 0.1) is 24.7 Å². The largest absolute Gasteiger partial charge is 0.388 e. The molecule has 34 heavy (non-hydrogen) atoms. The van der Waals surface area contributed by atoms with Crippen molar-refractivity contribution in [1.82, 2.24) is 4.90 Å². The van der Waals surface area contributed by atoms with Crippen LogP contribution in [0.25, 0.3) is 0 Å². The van der Waals surface area contributed by atoms with E-state index < -0.39 is 5.60 Å². The molecule has 0 spiro atoms. The van der Waals surface area contributed by atoms with Crippen LogP contribution in [0.2, 0.25) is 0 Å². The summed E-state index contributed by atoms with van der Waals surface area (Å²) in [5.41, 5.74) is 3.54. The molecule has 2 N–H and O–H groups in total. The Morgan fingerprint density at radius 3 is 2.00 bits per heavy atom. The highest BCUT2D eigenvalue weighted by Crippen LogP contribution is 2.43. The Balaban J connectivity index is 1.35. The van der Waals surface area contributed by atoms with E-state index in [-0.39, 0.29) is 12.0 Å². The van der Waals surface area contributed by atoms with Crippen molar-refractivity contribution in [3.63, 3.8) is 0 Å². The number of benzene rings is 1. The smallest absolute Gasteiger partial charge is 0.117 e. The van der Waals surface area contributed by atoms with Gasteiger partial charge < -0.3 is 15.1 Å². The van der Waals surface area contributed by atoms with Crippen molar-refractivity contribution in [2.45, 2.75) is 71.0 Å². The van der Waals surface area contributed by atoms with Crippen LogP contribution in [0.3, 0.4) is 0 Å². The van der Waals surface area contributed by atoms with Crippen LogP contribution in [0.5, 0.6) is 0 Å². The lowest BCUT2D eigenvalue weighted by atomic mass is 9.68. The van der Waals surface area contributed by atoms with Crippen molar-refractivity contribution in [2.75, 3.05) is 19.6 Å². The van der Waals surface area contributed by atoms with Gasteiger partial charge in [0.2, 0.25) is 0 Å². The van der Waals surface area contributed by atoms with E-state index in [1.54, 1.807) is 0 Å². The van der Waals surface area contributed by atoms with Gasteiger partial charge in [0.15, 0.2) is 0 Å².